The summed E-state index contributed by atoms with van der Waals surface area (Å²) >= 11 is 0. The van der Waals surface area contributed by atoms with Crippen LogP contribution in [0.5, 0.6) is 0 Å². The van der Waals surface area contributed by atoms with Crippen LogP contribution in [-0.2, 0) is 14.4 Å². The van der Waals surface area contributed by atoms with Gasteiger partial charge in [0.25, 0.3) is 0 Å². The van der Waals surface area contributed by atoms with E-state index in [2.05, 4.69) is 36.3 Å². The highest BCUT2D eigenvalue weighted by Crippen LogP contribution is 2.62. The molecule has 2 amide bonds. The zero-order valence-electron chi connectivity index (χ0n) is 17.3. The minimum absolute atomic E-state index is 0.0384. The Morgan fingerprint density at radius 1 is 0.867 bits per heavy atom. The molecule has 5 heteroatoms. The molecule has 6 unspecified atom stereocenters. The number of nitrogens with zero attached hydrogens (tertiary/aromatic N) is 2. The van der Waals surface area contributed by atoms with Gasteiger partial charge in [-0.05, 0) is 49.8 Å². The van der Waals surface area contributed by atoms with Gasteiger partial charge >= 0.3 is 0 Å². The monoisotopic (exact) mass is 400 g/mol. The number of aryl methyl sites for hydroxylation is 3. The average Bonchev–Trinajstić information content (AvgIpc) is 3.45. The Balaban J connectivity index is 1.38. The molecule has 1 saturated heterocycles. The number of amides is 2. The normalized spacial score (nSPS) is 33.6. The van der Waals surface area contributed by atoms with Gasteiger partial charge in [0.15, 0.2) is 0 Å². The van der Waals surface area contributed by atoms with Crippen LogP contribution >= 0.6 is 0 Å². The molecule has 2 saturated carbocycles. The van der Waals surface area contributed by atoms with E-state index in [1.165, 1.54) is 10.5 Å². The molecule has 2 aromatic rings. The Kier molecular flexibility index (Phi) is 3.59. The summed E-state index contributed by atoms with van der Waals surface area (Å²) in [5.41, 5.74) is 5.88. The molecule has 3 fully saturated rings. The van der Waals surface area contributed by atoms with Gasteiger partial charge in [-0.3, -0.25) is 9.59 Å². The van der Waals surface area contributed by atoms with Crippen molar-refractivity contribution in [3.63, 3.8) is 0 Å². The summed E-state index contributed by atoms with van der Waals surface area (Å²) in [5, 5.41) is 4.42. The smallest absolute Gasteiger partial charge is 0.238 e. The maximum absolute atomic E-state index is 13.6. The van der Waals surface area contributed by atoms with Crippen molar-refractivity contribution in [1.29, 1.82) is 0 Å². The van der Waals surface area contributed by atoms with Crippen LogP contribution in [0.1, 0.15) is 28.7 Å². The maximum Gasteiger partial charge on any atom is 0.238 e. The van der Waals surface area contributed by atoms with Gasteiger partial charge in [0.1, 0.15) is 6.10 Å². The number of benzene rings is 2. The van der Waals surface area contributed by atoms with E-state index >= 15 is 0 Å². The summed E-state index contributed by atoms with van der Waals surface area (Å²) < 4.78 is 0. The largest absolute Gasteiger partial charge is 0.391 e. The lowest BCUT2D eigenvalue weighted by Gasteiger charge is -2.29. The maximum atomic E-state index is 13.6. The molecule has 0 radical (unpaired) electrons. The molecule has 2 aliphatic heterocycles. The predicted molar refractivity (Wildman–Crippen MR) is 113 cm³/mol. The van der Waals surface area contributed by atoms with Crippen LogP contribution in [0.4, 0.5) is 5.69 Å². The van der Waals surface area contributed by atoms with Crippen molar-refractivity contribution < 1.29 is 14.4 Å². The van der Waals surface area contributed by atoms with Gasteiger partial charge < -0.3 is 4.84 Å². The molecule has 2 aromatic carbocycles. The first-order valence-electron chi connectivity index (χ1n) is 10.7. The minimum atomic E-state index is -0.282. The molecule has 6 rings (SSSR count). The van der Waals surface area contributed by atoms with Gasteiger partial charge in [0.05, 0.1) is 23.2 Å². The lowest BCUT2D eigenvalue weighted by atomic mass is 9.71. The summed E-state index contributed by atoms with van der Waals surface area (Å²) in [6.45, 7) is 5.99. The van der Waals surface area contributed by atoms with E-state index in [4.69, 9.17) is 4.84 Å². The van der Waals surface area contributed by atoms with Crippen LogP contribution in [0.25, 0.3) is 0 Å². The molecule has 0 spiro atoms. The molecule has 6 atom stereocenters. The Hall–Kier alpha value is -2.95. The molecule has 152 valence electrons. The second kappa shape index (κ2) is 6.03. The van der Waals surface area contributed by atoms with Gasteiger partial charge in [0, 0.05) is 11.8 Å². The topological polar surface area (TPSA) is 59.0 Å². The Morgan fingerprint density at radius 2 is 1.50 bits per heavy atom. The van der Waals surface area contributed by atoms with Crippen LogP contribution < -0.4 is 4.90 Å². The highest BCUT2D eigenvalue weighted by Gasteiger charge is 2.70. The zero-order valence-corrected chi connectivity index (χ0v) is 17.3. The van der Waals surface area contributed by atoms with E-state index in [0.29, 0.717) is 0 Å². The fourth-order valence-corrected chi connectivity index (χ4v) is 6.47. The highest BCUT2D eigenvalue weighted by atomic mass is 16.6. The van der Waals surface area contributed by atoms with Gasteiger partial charge in [-0.25, -0.2) is 4.90 Å². The number of rotatable bonds is 2. The fourth-order valence-electron chi connectivity index (χ4n) is 6.47. The predicted octanol–water partition coefficient (Wildman–Crippen LogP) is 3.79. The number of imide groups is 1. The van der Waals surface area contributed by atoms with Crippen molar-refractivity contribution in [3.05, 3.63) is 64.7 Å². The molecular weight excluding hydrogens is 376 g/mol. The lowest BCUT2D eigenvalue weighted by molar-refractivity contribution is -0.125. The second-order valence-electron chi connectivity index (χ2n) is 9.31. The molecule has 2 bridgehead atoms. The van der Waals surface area contributed by atoms with Gasteiger partial charge in [0.2, 0.25) is 11.8 Å². The Bertz CT molecular complexity index is 1100. The summed E-state index contributed by atoms with van der Waals surface area (Å²) in [4.78, 5) is 34.4. The van der Waals surface area contributed by atoms with Crippen molar-refractivity contribution in [2.24, 2.45) is 34.7 Å². The van der Waals surface area contributed by atoms with Crippen LogP contribution in [0.15, 0.2) is 47.6 Å². The molecule has 5 nitrogen and oxygen atoms in total. The first kappa shape index (κ1) is 17.9. The fraction of sp³-hybridized carbons (Fsp3) is 0.400. The Morgan fingerprint density at radius 3 is 2.17 bits per heavy atom. The van der Waals surface area contributed by atoms with Crippen molar-refractivity contribution >= 4 is 23.2 Å². The standard InChI is InChI=1S/C25H24N2O3/c1-12-7-9-15(10-8-12)21-20-16-11-17(23(20)30-26-21)19-18(16)24(28)27(25(19)29)22-13(2)5-4-6-14(22)3/h4-10,16-20,23H,11H2,1-3H3. The van der Waals surface area contributed by atoms with E-state index in [9.17, 15) is 9.59 Å². The number of carbonyl (C=O) groups is 2. The molecular formula is C25H24N2O3. The van der Waals surface area contributed by atoms with Crippen LogP contribution in [0.3, 0.4) is 0 Å². The quantitative estimate of drug-likeness (QED) is 0.721. The van der Waals surface area contributed by atoms with E-state index in [1.54, 1.807) is 0 Å². The van der Waals surface area contributed by atoms with Gasteiger partial charge in [-0.2, -0.15) is 0 Å². The molecule has 30 heavy (non-hydrogen) atoms. The number of hydrogen-bond donors (Lipinski definition) is 0. The number of oxime groups is 1. The third-order valence-corrected chi connectivity index (χ3v) is 7.70. The van der Waals surface area contributed by atoms with Crippen molar-refractivity contribution in [2.45, 2.75) is 33.3 Å². The van der Waals surface area contributed by atoms with E-state index < -0.39 is 0 Å². The number of para-hydroxylation sites is 1. The zero-order chi connectivity index (χ0) is 20.7. The minimum Gasteiger partial charge on any atom is -0.391 e. The SMILES string of the molecule is Cc1ccc(C2=NOC3C4CC(C23)C2C(=O)N(c3c(C)cccc3C)C(=O)C42)cc1. The van der Waals surface area contributed by atoms with E-state index in [1.807, 2.05) is 32.0 Å². The van der Waals surface area contributed by atoms with E-state index in [0.717, 1.165) is 34.5 Å². The molecule has 0 aromatic heterocycles. The molecule has 2 aliphatic carbocycles. The second-order valence-corrected chi connectivity index (χ2v) is 9.31. The molecule has 4 aliphatic rings. The average molecular weight is 400 g/mol. The number of hydrogen-bond acceptors (Lipinski definition) is 4. The van der Waals surface area contributed by atoms with Crippen molar-refractivity contribution in [3.8, 4) is 0 Å². The summed E-state index contributed by atoms with van der Waals surface area (Å²) in [6.07, 6.45) is 0.774. The number of carbonyl (C=O) groups excluding carboxylic acids is 2. The summed E-state index contributed by atoms with van der Waals surface area (Å²) in [6, 6.07) is 14.2. The first-order chi connectivity index (χ1) is 14.5. The van der Waals surface area contributed by atoms with Crippen LogP contribution in [0, 0.1) is 50.4 Å². The molecule has 0 N–H and O–H groups in total. The third-order valence-electron chi connectivity index (χ3n) is 7.70. The summed E-state index contributed by atoms with van der Waals surface area (Å²) in [7, 11) is 0. The Labute approximate surface area is 175 Å². The summed E-state index contributed by atoms with van der Waals surface area (Å²) in [5.74, 6) is -0.380. The first-order valence-corrected chi connectivity index (χ1v) is 10.7. The van der Waals surface area contributed by atoms with E-state index in [-0.39, 0.29) is 47.5 Å². The molecule has 2 heterocycles. The van der Waals surface area contributed by atoms with Crippen molar-refractivity contribution in [2.75, 3.05) is 4.90 Å². The van der Waals surface area contributed by atoms with Gasteiger partial charge in [-0.15, -0.1) is 0 Å². The number of fused-ring (bicyclic) bond motifs is 8. The van der Waals surface area contributed by atoms with Crippen LogP contribution in [-0.4, -0.2) is 23.6 Å². The lowest BCUT2D eigenvalue weighted by Crippen LogP contribution is -2.41. The highest BCUT2D eigenvalue weighted by molar-refractivity contribution is 6.23. The third kappa shape index (κ3) is 2.15. The number of anilines is 1. The van der Waals surface area contributed by atoms with Crippen LogP contribution in [0.2, 0.25) is 0 Å². The van der Waals surface area contributed by atoms with Crippen molar-refractivity contribution in [1.82, 2.24) is 0 Å². The van der Waals surface area contributed by atoms with Gasteiger partial charge in [-0.1, -0.05) is 53.2 Å².